The van der Waals surface area contributed by atoms with E-state index in [1.807, 2.05) is 18.2 Å². The molecule has 2 aromatic rings. The zero-order valence-corrected chi connectivity index (χ0v) is 20.4. The first-order valence-electron chi connectivity index (χ1n) is 11.8. The third-order valence-corrected chi connectivity index (χ3v) is 7.71. The van der Waals surface area contributed by atoms with E-state index in [1.165, 1.54) is 12.1 Å². The van der Waals surface area contributed by atoms with Crippen LogP contribution in [0, 0.1) is 5.82 Å². The maximum atomic E-state index is 13.5. The Hall–Kier alpha value is -2.74. The van der Waals surface area contributed by atoms with Crippen molar-refractivity contribution in [2.75, 3.05) is 6.54 Å². The Balaban J connectivity index is 1.37. The normalized spacial score (nSPS) is 22.2. The first-order chi connectivity index (χ1) is 16.4. The second kappa shape index (κ2) is 9.13. The summed E-state index contributed by atoms with van der Waals surface area (Å²) in [4.78, 5) is 42.5. The Labute approximate surface area is 206 Å². The number of ether oxygens (including phenoxy) is 1. The molecule has 2 aromatic carbocycles. The summed E-state index contributed by atoms with van der Waals surface area (Å²) in [5.74, 6) is -1.11. The summed E-state index contributed by atoms with van der Waals surface area (Å²) in [7, 11) is 0. The monoisotopic (exact) mass is 528 g/mol. The van der Waals surface area contributed by atoms with Gasteiger partial charge in [-0.3, -0.25) is 9.59 Å². The van der Waals surface area contributed by atoms with E-state index in [2.05, 4.69) is 15.9 Å². The van der Waals surface area contributed by atoms with Crippen molar-refractivity contribution in [1.82, 2.24) is 9.80 Å². The third kappa shape index (κ3) is 4.13. The van der Waals surface area contributed by atoms with Crippen molar-refractivity contribution in [3.63, 3.8) is 0 Å². The highest BCUT2D eigenvalue weighted by atomic mass is 79.9. The average molecular weight is 529 g/mol. The third-order valence-electron chi connectivity index (χ3n) is 7.22. The minimum Gasteiger partial charge on any atom is -0.427 e. The van der Waals surface area contributed by atoms with Crippen LogP contribution in [0.1, 0.15) is 55.2 Å². The van der Waals surface area contributed by atoms with E-state index in [0.717, 1.165) is 52.6 Å². The van der Waals surface area contributed by atoms with Gasteiger partial charge in [0.25, 0.3) is 5.91 Å². The molecule has 0 radical (unpaired) electrons. The number of carbonyl (C=O) groups excluding carboxylic acids is 3. The largest absolute Gasteiger partial charge is 0.427 e. The lowest BCUT2D eigenvalue weighted by Gasteiger charge is -2.35. The molecular formula is C26H26BrFN2O4. The molecule has 0 N–H and O–H groups in total. The van der Waals surface area contributed by atoms with Crippen LogP contribution in [0.4, 0.5) is 9.18 Å². The second-order valence-corrected chi connectivity index (χ2v) is 10.2. The van der Waals surface area contributed by atoms with Crippen molar-refractivity contribution in [3.8, 4) is 0 Å². The summed E-state index contributed by atoms with van der Waals surface area (Å²) in [5.41, 5.74) is 1.12. The molecule has 5 rings (SSSR count). The number of carbonyl (C=O) groups is 3. The van der Waals surface area contributed by atoms with Crippen molar-refractivity contribution >= 4 is 33.8 Å². The molecule has 1 aliphatic heterocycles. The van der Waals surface area contributed by atoms with Crippen LogP contribution in [0.3, 0.4) is 0 Å². The van der Waals surface area contributed by atoms with Crippen LogP contribution >= 0.6 is 15.9 Å². The fraction of sp³-hybridized carbons (Fsp3) is 0.423. The van der Waals surface area contributed by atoms with E-state index in [-0.39, 0.29) is 24.3 Å². The number of amides is 3. The lowest BCUT2D eigenvalue weighted by atomic mass is 9.93. The molecule has 1 atom stereocenters. The first-order valence-corrected chi connectivity index (χ1v) is 12.5. The van der Waals surface area contributed by atoms with Crippen LogP contribution in [0.15, 0.2) is 46.9 Å². The van der Waals surface area contributed by atoms with Crippen LogP contribution in [0.2, 0.25) is 0 Å². The molecule has 2 aliphatic carbocycles. The Kier molecular flexibility index (Phi) is 6.18. The highest BCUT2D eigenvalue weighted by Crippen LogP contribution is 2.46. The minimum atomic E-state index is -1.35. The molecule has 1 saturated heterocycles. The number of imide groups is 1. The van der Waals surface area contributed by atoms with Crippen LogP contribution < -0.4 is 0 Å². The standard InChI is InChI=1S/C26H26BrFN2O4/c27-19-8-11-22-18(14-19)12-13-26(22)24(32)30(25(33)34-26)16-23(31)29(21-4-2-1-3-5-21)15-17-6-9-20(28)10-7-17/h6-11,14,21H,1-5,12-13,15-16H2/t26-/m1/s1. The summed E-state index contributed by atoms with van der Waals surface area (Å²) < 4.78 is 20.0. The van der Waals surface area contributed by atoms with Crippen LogP contribution in [0.5, 0.6) is 0 Å². The smallest absolute Gasteiger partial charge is 0.418 e. The average Bonchev–Trinajstić information content (AvgIpc) is 3.31. The van der Waals surface area contributed by atoms with Crippen LogP contribution in [-0.4, -0.2) is 40.3 Å². The van der Waals surface area contributed by atoms with Gasteiger partial charge >= 0.3 is 6.09 Å². The molecule has 2 fully saturated rings. The van der Waals surface area contributed by atoms with Crippen molar-refractivity contribution in [3.05, 3.63) is 69.4 Å². The van der Waals surface area contributed by atoms with Gasteiger partial charge in [-0.2, -0.15) is 0 Å². The van der Waals surface area contributed by atoms with Gasteiger partial charge < -0.3 is 9.64 Å². The maximum absolute atomic E-state index is 13.5. The summed E-state index contributed by atoms with van der Waals surface area (Å²) >= 11 is 3.44. The Morgan fingerprint density at radius 2 is 1.85 bits per heavy atom. The molecule has 1 saturated carbocycles. The summed E-state index contributed by atoms with van der Waals surface area (Å²) in [6, 6.07) is 11.7. The van der Waals surface area contributed by atoms with E-state index >= 15 is 0 Å². The number of hydrogen-bond donors (Lipinski definition) is 0. The molecule has 0 aromatic heterocycles. The number of benzene rings is 2. The SMILES string of the molecule is O=C1O[C@@]2(CCc3cc(Br)ccc32)C(=O)N1CC(=O)N(Cc1ccc(F)cc1)C1CCCCC1. The van der Waals surface area contributed by atoms with Crippen LogP contribution in [0.25, 0.3) is 0 Å². The minimum absolute atomic E-state index is 0.0264. The van der Waals surface area contributed by atoms with E-state index in [0.29, 0.717) is 24.9 Å². The maximum Gasteiger partial charge on any atom is 0.418 e. The number of rotatable bonds is 5. The fourth-order valence-corrected chi connectivity index (χ4v) is 5.86. The van der Waals surface area contributed by atoms with Crippen molar-refractivity contribution in [2.24, 2.45) is 0 Å². The zero-order chi connectivity index (χ0) is 23.9. The van der Waals surface area contributed by atoms with Crippen molar-refractivity contribution in [1.29, 1.82) is 0 Å². The number of fused-ring (bicyclic) bond motifs is 2. The zero-order valence-electron chi connectivity index (χ0n) is 18.8. The lowest BCUT2D eigenvalue weighted by molar-refractivity contribution is -0.143. The quantitative estimate of drug-likeness (QED) is 0.543. The number of nitrogens with zero attached hydrogens (tertiary/aromatic N) is 2. The van der Waals surface area contributed by atoms with Gasteiger partial charge in [-0.15, -0.1) is 0 Å². The van der Waals surface area contributed by atoms with Gasteiger partial charge in [0.05, 0.1) is 0 Å². The Morgan fingerprint density at radius 3 is 2.59 bits per heavy atom. The van der Waals surface area contributed by atoms with Gasteiger partial charge in [0.2, 0.25) is 11.5 Å². The molecular weight excluding hydrogens is 503 g/mol. The van der Waals surface area contributed by atoms with Gasteiger partial charge in [0.15, 0.2) is 0 Å². The second-order valence-electron chi connectivity index (χ2n) is 9.33. The molecule has 3 aliphatic rings. The molecule has 0 bridgehead atoms. The molecule has 1 heterocycles. The van der Waals surface area contributed by atoms with E-state index in [9.17, 15) is 18.8 Å². The van der Waals surface area contributed by atoms with Gasteiger partial charge in [0, 0.05) is 29.0 Å². The predicted molar refractivity (Wildman–Crippen MR) is 126 cm³/mol. The predicted octanol–water partition coefficient (Wildman–Crippen LogP) is 5.07. The molecule has 3 amide bonds. The number of aryl methyl sites for hydroxylation is 1. The molecule has 6 nitrogen and oxygen atoms in total. The first kappa shape index (κ1) is 23.0. The molecule has 0 unspecified atom stereocenters. The lowest BCUT2D eigenvalue weighted by Crippen LogP contribution is -2.48. The molecule has 34 heavy (non-hydrogen) atoms. The number of hydrogen-bond acceptors (Lipinski definition) is 4. The number of halogens is 2. The summed E-state index contributed by atoms with van der Waals surface area (Å²) in [6.45, 7) is -0.0498. The van der Waals surface area contributed by atoms with E-state index in [1.54, 1.807) is 17.0 Å². The van der Waals surface area contributed by atoms with Gasteiger partial charge in [-0.05, 0) is 54.7 Å². The summed E-state index contributed by atoms with van der Waals surface area (Å²) in [5, 5.41) is 0. The van der Waals surface area contributed by atoms with Crippen LogP contribution in [-0.2, 0) is 32.9 Å². The summed E-state index contributed by atoms with van der Waals surface area (Å²) in [6.07, 6.45) is 5.14. The molecule has 178 valence electrons. The van der Waals surface area contributed by atoms with E-state index < -0.39 is 17.6 Å². The van der Waals surface area contributed by atoms with Crippen molar-refractivity contribution < 1.29 is 23.5 Å². The van der Waals surface area contributed by atoms with Gasteiger partial charge in [0.1, 0.15) is 12.4 Å². The molecule has 8 heteroatoms. The topological polar surface area (TPSA) is 66.9 Å². The highest BCUT2D eigenvalue weighted by molar-refractivity contribution is 9.10. The highest BCUT2D eigenvalue weighted by Gasteiger charge is 2.58. The van der Waals surface area contributed by atoms with Gasteiger partial charge in [-0.1, -0.05) is 53.4 Å². The Bertz CT molecular complexity index is 1130. The van der Waals surface area contributed by atoms with E-state index in [4.69, 9.17) is 4.74 Å². The van der Waals surface area contributed by atoms with Crippen molar-refractivity contribution in [2.45, 2.75) is 63.1 Å². The van der Waals surface area contributed by atoms with Gasteiger partial charge in [-0.25, -0.2) is 14.1 Å². The fourth-order valence-electron chi connectivity index (χ4n) is 5.45. The molecule has 1 spiro atoms. The Morgan fingerprint density at radius 1 is 1.12 bits per heavy atom.